The SMILES string of the molecule is COc1ccc(Oc2c(I)cc(C(C)=O)cc2I)cc1. The van der Waals surface area contributed by atoms with Gasteiger partial charge in [0.1, 0.15) is 11.5 Å². The van der Waals surface area contributed by atoms with Crippen molar-refractivity contribution in [3.63, 3.8) is 0 Å². The number of rotatable bonds is 4. The fourth-order valence-corrected chi connectivity index (χ4v) is 3.61. The summed E-state index contributed by atoms with van der Waals surface area (Å²) in [5.74, 6) is 2.34. The van der Waals surface area contributed by atoms with Crippen LogP contribution in [-0.2, 0) is 0 Å². The Hall–Kier alpha value is -0.830. The Bertz CT molecular complexity index is 613. The minimum absolute atomic E-state index is 0.0526. The summed E-state index contributed by atoms with van der Waals surface area (Å²) in [6.45, 7) is 1.56. The molecule has 0 radical (unpaired) electrons. The van der Waals surface area contributed by atoms with Gasteiger partial charge < -0.3 is 9.47 Å². The standard InChI is InChI=1S/C15H12I2O3/c1-9(18)10-7-13(16)15(14(17)8-10)20-12-5-3-11(19-2)4-6-12/h3-8H,1-2H3. The van der Waals surface area contributed by atoms with E-state index in [9.17, 15) is 4.79 Å². The first-order chi connectivity index (χ1) is 9.51. The van der Waals surface area contributed by atoms with Gasteiger partial charge in [0.05, 0.1) is 14.3 Å². The second-order valence-electron chi connectivity index (χ2n) is 4.10. The van der Waals surface area contributed by atoms with E-state index < -0.39 is 0 Å². The number of carbonyl (C=O) groups is 1. The van der Waals surface area contributed by atoms with Crippen LogP contribution in [0, 0.1) is 7.14 Å². The van der Waals surface area contributed by atoms with Crippen molar-refractivity contribution in [1.29, 1.82) is 0 Å². The fourth-order valence-electron chi connectivity index (χ4n) is 1.62. The number of hydrogen-bond donors (Lipinski definition) is 0. The summed E-state index contributed by atoms with van der Waals surface area (Å²) in [5.41, 5.74) is 0.695. The number of halogens is 2. The first-order valence-electron chi connectivity index (χ1n) is 5.83. The monoisotopic (exact) mass is 494 g/mol. The molecule has 20 heavy (non-hydrogen) atoms. The van der Waals surface area contributed by atoms with Gasteiger partial charge in [0.25, 0.3) is 0 Å². The van der Waals surface area contributed by atoms with Crippen LogP contribution in [-0.4, -0.2) is 12.9 Å². The van der Waals surface area contributed by atoms with Gasteiger partial charge in [-0.05, 0) is 88.5 Å². The zero-order chi connectivity index (χ0) is 14.7. The van der Waals surface area contributed by atoms with Crippen molar-refractivity contribution in [3.05, 3.63) is 49.1 Å². The highest BCUT2D eigenvalue weighted by Crippen LogP contribution is 2.33. The van der Waals surface area contributed by atoms with E-state index in [4.69, 9.17) is 9.47 Å². The van der Waals surface area contributed by atoms with Gasteiger partial charge >= 0.3 is 0 Å². The lowest BCUT2D eigenvalue weighted by Gasteiger charge is -2.11. The molecule has 3 nitrogen and oxygen atoms in total. The Kier molecular flexibility index (Phi) is 5.25. The Morgan fingerprint density at radius 1 is 1.00 bits per heavy atom. The number of benzene rings is 2. The smallest absolute Gasteiger partial charge is 0.159 e. The average molecular weight is 494 g/mol. The Morgan fingerprint density at radius 3 is 1.95 bits per heavy atom. The molecule has 2 aromatic carbocycles. The number of methoxy groups -OCH3 is 1. The number of carbonyl (C=O) groups excluding carboxylic acids is 1. The molecule has 0 fully saturated rings. The van der Waals surface area contributed by atoms with Crippen LogP contribution in [0.15, 0.2) is 36.4 Å². The van der Waals surface area contributed by atoms with Crippen molar-refractivity contribution < 1.29 is 14.3 Å². The lowest BCUT2D eigenvalue weighted by atomic mass is 10.1. The summed E-state index contributed by atoms with van der Waals surface area (Å²) in [7, 11) is 1.63. The Balaban J connectivity index is 2.30. The molecule has 0 N–H and O–H groups in total. The van der Waals surface area contributed by atoms with Gasteiger partial charge in [0.15, 0.2) is 11.5 Å². The summed E-state index contributed by atoms with van der Waals surface area (Å²) in [4.78, 5) is 11.4. The Labute approximate surface area is 144 Å². The van der Waals surface area contributed by atoms with Crippen LogP contribution in [0.5, 0.6) is 17.2 Å². The van der Waals surface area contributed by atoms with Gasteiger partial charge in [-0.1, -0.05) is 0 Å². The molecule has 0 spiro atoms. The van der Waals surface area contributed by atoms with Crippen molar-refractivity contribution in [2.45, 2.75) is 6.92 Å². The van der Waals surface area contributed by atoms with Gasteiger partial charge in [0, 0.05) is 5.56 Å². The lowest BCUT2D eigenvalue weighted by Crippen LogP contribution is -1.97. The van der Waals surface area contributed by atoms with Crippen molar-refractivity contribution in [2.24, 2.45) is 0 Å². The van der Waals surface area contributed by atoms with E-state index in [0.717, 1.165) is 24.4 Å². The molecule has 5 heteroatoms. The quantitative estimate of drug-likeness (QED) is 0.449. The average Bonchev–Trinajstić information content (AvgIpc) is 2.43. The topological polar surface area (TPSA) is 35.5 Å². The van der Waals surface area contributed by atoms with Gasteiger partial charge in [0.2, 0.25) is 0 Å². The molecule has 0 amide bonds. The van der Waals surface area contributed by atoms with Crippen molar-refractivity contribution in [3.8, 4) is 17.2 Å². The zero-order valence-electron chi connectivity index (χ0n) is 10.9. The van der Waals surface area contributed by atoms with Crippen LogP contribution in [0.2, 0.25) is 0 Å². The normalized spacial score (nSPS) is 10.2. The molecule has 0 saturated heterocycles. The third kappa shape index (κ3) is 3.63. The summed E-state index contributed by atoms with van der Waals surface area (Å²) in [5, 5.41) is 0. The van der Waals surface area contributed by atoms with E-state index in [1.165, 1.54) is 0 Å². The van der Waals surface area contributed by atoms with Crippen LogP contribution in [0.25, 0.3) is 0 Å². The van der Waals surface area contributed by atoms with E-state index in [1.54, 1.807) is 14.0 Å². The molecule has 2 rings (SSSR count). The van der Waals surface area contributed by atoms with Crippen molar-refractivity contribution >= 4 is 51.0 Å². The number of Topliss-reactive ketones (excluding diaryl/α,β-unsaturated/α-hetero) is 1. The van der Waals surface area contributed by atoms with Crippen LogP contribution < -0.4 is 9.47 Å². The van der Waals surface area contributed by atoms with Crippen molar-refractivity contribution in [2.75, 3.05) is 7.11 Å². The van der Waals surface area contributed by atoms with Crippen molar-refractivity contribution in [1.82, 2.24) is 0 Å². The summed E-state index contributed by atoms with van der Waals surface area (Å²) in [6.07, 6.45) is 0. The summed E-state index contributed by atoms with van der Waals surface area (Å²) < 4.78 is 12.8. The van der Waals surface area contributed by atoms with E-state index in [-0.39, 0.29) is 5.78 Å². The van der Waals surface area contributed by atoms with Crippen LogP contribution in [0.4, 0.5) is 0 Å². The molecule has 0 atom stereocenters. The van der Waals surface area contributed by atoms with Gasteiger partial charge in [-0.2, -0.15) is 0 Å². The van der Waals surface area contributed by atoms with Crippen LogP contribution in [0.3, 0.4) is 0 Å². The highest BCUT2D eigenvalue weighted by molar-refractivity contribution is 14.1. The highest BCUT2D eigenvalue weighted by Gasteiger charge is 2.12. The minimum Gasteiger partial charge on any atom is -0.497 e. The molecule has 0 saturated carbocycles. The van der Waals surface area contributed by atoms with Crippen LogP contribution in [0.1, 0.15) is 17.3 Å². The predicted molar refractivity (Wildman–Crippen MR) is 94.9 cm³/mol. The van der Waals surface area contributed by atoms with E-state index >= 15 is 0 Å². The number of ketones is 1. The minimum atomic E-state index is 0.0526. The summed E-state index contributed by atoms with van der Waals surface area (Å²) in [6, 6.07) is 11.1. The second kappa shape index (κ2) is 6.75. The number of ether oxygens (including phenoxy) is 2. The third-order valence-corrected chi connectivity index (χ3v) is 4.29. The molecule has 0 heterocycles. The predicted octanol–water partition coefficient (Wildman–Crippen LogP) is 4.90. The van der Waals surface area contributed by atoms with Gasteiger partial charge in [-0.25, -0.2) is 0 Å². The molecule has 104 valence electrons. The fraction of sp³-hybridized carbons (Fsp3) is 0.133. The lowest BCUT2D eigenvalue weighted by molar-refractivity contribution is 0.101. The van der Waals surface area contributed by atoms with E-state index in [1.807, 2.05) is 36.4 Å². The van der Waals surface area contributed by atoms with E-state index in [0.29, 0.717) is 5.56 Å². The first kappa shape index (κ1) is 15.6. The maximum Gasteiger partial charge on any atom is 0.159 e. The molecule has 0 unspecified atom stereocenters. The largest absolute Gasteiger partial charge is 0.497 e. The number of hydrogen-bond acceptors (Lipinski definition) is 3. The van der Waals surface area contributed by atoms with Gasteiger partial charge in [-0.15, -0.1) is 0 Å². The van der Waals surface area contributed by atoms with E-state index in [2.05, 4.69) is 45.2 Å². The third-order valence-electron chi connectivity index (χ3n) is 2.68. The van der Waals surface area contributed by atoms with Crippen LogP contribution >= 0.6 is 45.2 Å². The molecule has 0 aliphatic heterocycles. The molecule has 0 aliphatic carbocycles. The molecule has 2 aromatic rings. The molecular formula is C15H12I2O3. The summed E-state index contributed by atoms with van der Waals surface area (Å²) >= 11 is 4.36. The first-order valence-corrected chi connectivity index (χ1v) is 7.99. The molecule has 0 aromatic heterocycles. The Morgan fingerprint density at radius 2 is 1.50 bits per heavy atom. The van der Waals surface area contributed by atoms with Gasteiger partial charge in [-0.3, -0.25) is 4.79 Å². The maximum absolute atomic E-state index is 11.4. The zero-order valence-corrected chi connectivity index (χ0v) is 15.3. The maximum atomic E-state index is 11.4. The molecule has 0 bridgehead atoms. The highest BCUT2D eigenvalue weighted by atomic mass is 127. The molecular weight excluding hydrogens is 482 g/mol. The second-order valence-corrected chi connectivity index (χ2v) is 6.43. The molecule has 0 aliphatic rings.